The van der Waals surface area contributed by atoms with Gasteiger partial charge in [-0.25, -0.2) is 4.98 Å². The third-order valence-corrected chi connectivity index (χ3v) is 5.83. The Morgan fingerprint density at radius 2 is 2.12 bits per heavy atom. The Morgan fingerprint density at radius 3 is 2.83 bits per heavy atom. The summed E-state index contributed by atoms with van der Waals surface area (Å²) in [5.74, 6) is 1.45. The second kappa shape index (κ2) is 5.93. The van der Waals surface area contributed by atoms with Gasteiger partial charge < -0.3 is 14.5 Å². The molecule has 24 heavy (non-hydrogen) atoms. The van der Waals surface area contributed by atoms with E-state index in [0.29, 0.717) is 12.3 Å². The van der Waals surface area contributed by atoms with Gasteiger partial charge in [0.2, 0.25) is 0 Å². The fourth-order valence-electron chi connectivity index (χ4n) is 4.15. The third-order valence-electron chi connectivity index (χ3n) is 5.48. The van der Waals surface area contributed by atoms with Crippen molar-refractivity contribution in [1.82, 2.24) is 9.97 Å². The molecule has 4 nitrogen and oxygen atoms in total. The number of imidazole rings is 1. The van der Waals surface area contributed by atoms with Crippen molar-refractivity contribution in [3.8, 4) is 0 Å². The largest absolute Gasteiger partial charge is 0.520 e. The van der Waals surface area contributed by atoms with Gasteiger partial charge in [-0.3, -0.25) is 0 Å². The predicted octanol–water partition coefficient (Wildman–Crippen LogP) is 1.51. The molecule has 2 N–H and O–H groups in total. The van der Waals surface area contributed by atoms with Crippen molar-refractivity contribution < 1.29 is 9.50 Å². The molecule has 3 aliphatic rings. The summed E-state index contributed by atoms with van der Waals surface area (Å²) in [6.07, 6.45) is 4.81. The van der Waals surface area contributed by atoms with Gasteiger partial charge in [0.25, 0.3) is 0 Å². The van der Waals surface area contributed by atoms with E-state index in [1.54, 1.807) is 0 Å². The summed E-state index contributed by atoms with van der Waals surface area (Å²) >= 11 is 5.61. The fourth-order valence-corrected chi connectivity index (χ4v) is 4.39. The van der Waals surface area contributed by atoms with Gasteiger partial charge in [0.05, 0.1) is 17.6 Å². The molecule has 0 spiro atoms. The van der Waals surface area contributed by atoms with Crippen LogP contribution in [0.1, 0.15) is 31.5 Å². The van der Waals surface area contributed by atoms with Crippen LogP contribution >= 0.6 is 12.2 Å². The van der Waals surface area contributed by atoms with Crippen LogP contribution in [0.25, 0.3) is 11.0 Å². The molecule has 128 valence electrons. The molecule has 3 saturated heterocycles. The lowest BCUT2D eigenvalue weighted by atomic mass is 9.69. The van der Waals surface area contributed by atoms with E-state index in [1.807, 2.05) is 24.3 Å². The third kappa shape index (κ3) is 3.03. The van der Waals surface area contributed by atoms with Gasteiger partial charge in [-0.2, -0.15) is 0 Å². The molecule has 1 aromatic heterocycles. The van der Waals surface area contributed by atoms with Gasteiger partial charge in [0.15, 0.2) is 7.98 Å². The lowest BCUT2D eigenvalue weighted by molar-refractivity contribution is -0.846. The number of benzene rings is 1. The zero-order valence-corrected chi connectivity index (χ0v) is 14.1. The van der Waals surface area contributed by atoms with Gasteiger partial charge in [-0.1, -0.05) is 24.4 Å². The van der Waals surface area contributed by atoms with E-state index in [0.717, 1.165) is 41.1 Å². The van der Waals surface area contributed by atoms with E-state index >= 15 is 0 Å². The van der Waals surface area contributed by atoms with E-state index in [2.05, 4.69) is 9.97 Å². The number of hydrogen-bond donors (Lipinski definition) is 2. The average Bonchev–Trinajstić information content (AvgIpc) is 2.95. The summed E-state index contributed by atoms with van der Waals surface area (Å²) in [5, 5.41) is 11.2. The zero-order chi connectivity index (χ0) is 16.8. The Balaban J connectivity index is 1.38. The number of thiocarbonyl (C=S) groups is 1. The monoisotopic (exact) mass is 343 g/mol. The molecule has 1 atom stereocenters. The quantitative estimate of drug-likeness (QED) is 0.639. The van der Waals surface area contributed by atoms with Crippen molar-refractivity contribution in [3.63, 3.8) is 0 Å². The van der Waals surface area contributed by atoms with Crippen molar-refractivity contribution >= 4 is 36.1 Å². The van der Waals surface area contributed by atoms with Gasteiger partial charge in [0, 0.05) is 30.3 Å². The van der Waals surface area contributed by atoms with Crippen LogP contribution in [0.3, 0.4) is 0 Å². The summed E-state index contributed by atoms with van der Waals surface area (Å²) in [6, 6.07) is 8.08. The highest BCUT2D eigenvalue weighted by Crippen LogP contribution is 2.41. The number of quaternary nitrogens is 1. The lowest BCUT2D eigenvalue weighted by Gasteiger charge is -2.60. The Bertz CT molecular complexity index is 735. The molecule has 3 fully saturated rings. The molecule has 1 aromatic carbocycles. The minimum absolute atomic E-state index is 0.240. The minimum atomic E-state index is -0.462. The van der Waals surface area contributed by atoms with E-state index < -0.39 is 5.60 Å². The molecule has 5 rings (SSSR count). The molecular formula is C18H26BN3OS. The molecular weight excluding hydrogens is 317 g/mol. The molecule has 4 heterocycles. The van der Waals surface area contributed by atoms with Crippen LogP contribution in [-0.4, -0.2) is 57.5 Å². The van der Waals surface area contributed by atoms with Crippen LogP contribution in [0.2, 0.25) is 0 Å². The number of H-pyrrole nitrogens is 1. The number of hydrogen-bond acceptors (Lipinski definition) is 3. The number of aliphatic hydroxyl groups is 1. The fraction of sp³-hybridized carbons (Fsp3) is 0.556. The van der Waals surface area contributed by atoms with Crippen molar-refractivity contribution in [3.05, 3.63) is 30.1 Å². The molecule has 1 unspecified atom stereocenters. The van der Waals surface area contributed by atoms with Gasteiger partial charge >= 0.3 is 0 Å². The summed E-state index contributed by atoms with van der Waals surface area (Å²) in [4.78, 5) is 8.98. The standard InChI is InChI=1S/C18H26BN3OS/c19-22-9-6-13(7-10-22)18(23,12-22)8-5-14(24)11-17-20-15-3-1-2-4-16(15)21-17/h1-4,13,23H,5-12H2,19H3,(H,20,21). The number of aromatic nitrogens is 2. The van der Waals surface area contributed by atoms with Crippen molar-refractivity contribution in [2.24, 2.45) is 5.92 Å². The molecule has 0 saturated carbocycles. The molecule has 2 aromatic rings. The first kappa shape index (κ1) is 16.2. The average molecular weight is 343 g/mol. The van der Waals surface area contributed by atoms with Crippen molar-refractivity contribution in [1.29, 1.82) is 0 Å². The molecule has 0 aliphatic carbocycles. The summed E-state index contributed by atoms with van der Waals surface area (Å²) in [5.41, 5.74) is 1.60. The van der Waals surface area contributed by atoms with E-state index in [-0.39, 0.29) is 7.98 Å². The maximum absolute atomic E-state index is 11.2. The number of nitrogens with zero attached hydrogens (tertiary/aromatic N) is 2. The highest BCUT2D eigenvalue weighted by Gasteiger charge is 2.49. The van der Waals surface area contributed by atoms with E-state index in [4.69, 9.17) is 12.2 Å². The number of rotatable bonds is 5. The summed E-state index contributed by atoms with van der Waals surface area (Å²) < 4.78 is 1.28. The smallest absolute Gasteiger partial charge is 0.169 e. The summed E-state index contributed by atoms with van der Waals surface area (Å²) in [7, 11) is 0.240. The Morgan fingerprint density at radius 1 is 1.38 bits per heavy atom. The van der Waals surface area contributed by atoms with E-state index in [9.17, 15) is 5.11 Å². The van der Waals surface area contributed by atoms with Gasteiger partial charge in [0.1, 0.15) is 11.4 Å². The van der Waals surface area contributed by atoms with Crippen LogP contribution < -0.4 is 0 Å². The number of piperidine rings is 3. The predicted molar refractivity (Wildman–Crippen MR) is 104 cm³/mol. The topological polar surface area (TPSA) is 48.9 Å². The van der Waals surface area contributed by atoms with Crippen LogP contribution in [0.15, 0.2) is 24.3 Å². The first-order valence-corrected chi connectivity index (χ1v) is 8.93. The Labute approximate surface area is 149 Å². The molecule has 0 radical (unpaired) electrons. The summed E-state index contributed by atoms with van der Waals surface area (Å²) in [6.45, 7) is 3.66. The number of fused-ring (bicyclic) bond motifs is 4. The highest BCUT2D eigenvalue weighted by molar-refractivity contribution is 7.80. The second-order valence-electron chi connectivity index (χ2n) is 7.07. The second-order valence-corrected chi connectivity index (χ2v) is 7.65. The molecule has 2 bridgehead atoms. The first-order chi connectivity index (χ1) is 11.5. The molecule has 3 aliphatic heterocycles. The van der Waals surface area contributed by atoms with Crippen LogP contribution in [0, 0.1) is 5.92 Å². The highest BCUT2D eigenvalue weighted by atomic mass is 32.1. The van der Waals surface area contributed by atoms with Crippen LogP contribution in [-0.2, 0) is 6.42 Å². The minimum Gasteiger partial charge on any atom is -0.520 e. The number of para-hydroxylation sites is 2. The van der Waals surface area contributed by atoms with E-state index in [1.165, 1.54) is 30.3 Å². The van der Waals surface area contributed by atoms with Crippen LogP contribution in [0.4, 0.5) is 0 Å². The normalized spacial score (nSPS) is 32.3. The first-order valence-electron chi connectivity index (χ1n) is 8.52. The zero-order valence-electron chi connectivity index (χ0n) is 13.3. The van der Waals surface area contributed by atoms with Crippen LogP contribution in [0.5, 0.6) is 0 Å². The van der Waals surface area contributed by atoms with Gasteiger partial charge in [-0.05, 0) is 37.8 Å². The number of nitrogens with one attached hydrogen (secondary N) is 1. The molecule has 0 amide bonds. The van der Waals surface area contributed by atoms with Crippen molar-refractivity contribution in [2.75, 3.05) is 19.6 Å². The maximum atomic E-state index is 11.2. The Kier molecular flexibility index (Phi) is 4.02. The lowest BCUT2D eigenvalue weighted by Crippen LogP contribution is -2.68. The molecule has 6 heteroatoms. The van der Waals surface area contributed by atoms with Gasteiger partial charge in [-0.15, -0.1) is 0 Å². The SMILES string of the molecule is [BH3-][N+]12CCC(CC1)C(O)(CCC(=S)Cc1nc3ccccc3[nH]1)C2. The maximum Gasteiger partial charge on any atom is 0.169 e. The van der Waals surface area contributed by atoms with Crippen molar-refractivity contribution in [2.45, 2.75) is 37.7 Å². The Hall–Kier alpha value is -1.24. The number of aromatic amines is 1.